The summed E-state index contributed by atoms with van der Waals surface area (Å²) in [5, 5.41) is 9.19. The van der Waals surface area contributed by atoms with Gasteiger partial charge >= 0.3 is 0 Å². The van der Waals surface area contributed by atoms with Crippen LogP contribution in [0.4, 0.5) is 0 Å². The van der Waals surface area contributed by atoms with Crippen molar-refractivity contribution in [3.8, 4) is 11.5 Å². The molecule has 3 rings (SSSR count). The summed E-state index contributed by atoms with van der Waals surface area (Å²) in [6, 6.07) is 8.61. The standard InChI is InChI=1S/C20H20N2O5S/c1-26-15-4-3-14(11-16(15)27-2)17-18(28-10-9-23)20(25)22(19(17)24)12-13-5-7-21-8-6-13/h3-8,11,23H,9-10,12H2,1-2H3. The van der Waals surface area contributed by atoms with Crippen molar-refractivity contribution in [3.05, 3.63) is 58.8 Å². The third-order valence-corrected chi connectivity index (χ3v) is 5.28. The van der Waals surface area contributed by atoms with Crippen molar-refractivity contribution in [1.82, 2.24) is 9.88 Å². The molecule has 0 radical (unpaired) electrons. The van der Waals surface area contributed by atoms with Gasteiger partial charge in [0.25, 0.3) is 11.8 Å². The van der Waals surface area contributed by atoms with Gasteiger partial charge in [-0.15, -0.1) is 11.8 Å². The molecule has 7 nitrogen and oxygen atoms in total. The van der Waals surface area contributed by atoms with Gasteiger partial charge in [0.1, 0.15) is 0 Å². The lowest BCUT2D eigenvalue weighted by Crippen LogP contribution is -2.31. The minimum Gasteiger partial charge on any atom is -0.493 e. The molecule has 1 aliphatic rings. The number of rotatable bonds is 8. The van der Waals surface area contributed by atoms with Crippen LogP contribution >= 0.6 is 11.8 Å². The third-order valence-electron chi connectivity index (χ3n) is 4.23. The minimum absolute atomic E-state index is 0.0980. The Morgan fingerprint density at radius 3 is 2.39 bits per heavy atom. The van der Waals surface area contributed by atoms with Crippen molar-refractivity contribution in [2.24, 2.45) is 0 Å². The molecule has 0 aliphatic carbocycles. The Hall–Kier alpha value is -2.84. The second-order valence-electron chi connectivity index (χ2n) is 5.90. The number of hydrogen-bond acceptors (Lipinski definition) is 7. The van der Waals surface area contributed by atoms with Crippen LogP contribution < -0.4 is 9.47 Å². The number of methoxy groups -OCH3 is 2. The Balaban J connectivity index is 2.01. The smallest absolute Gasteiger partial charge is 0.268 e. The first-order valence-corrected chi connectivity index (χ1v) is 9.54. The highest BCUT2D eigenvalue weighted by atomic mass is 32.2. The summed E-state index contributed by atoms with van der Waals surface area (Å²) in [7, 11) is 3.04. The molecular weight excluding hydrogens is 380 g/mol. The quantitative estimate of drug-likeness (QED) is 0.679. The van der Waals surface area contributed by atoms with Crippen molar-refractivity contribution in [2.45, 2.75) is 6.54 Å². The first-order valence-electron chi connectivity index (χ1n) is 8.56. The molecule has 0 saturated heterocycles. The first kappa shape index (κ1) is 19.9. The molecule has 146 valence electrons. The molecule has 8 heteroatoms. The number of thioether (sulfide) groups is 1. The average molecular weight is 400 g/mol. The number of aliphatic hydroxyl groups excluding tert-OH is 1. The zero-order chi connectivity index (χ0) is 20.1. The van der Waals surface area contributed by atoms with E-state index < -0.39 is 0 Å². The van der Waals surface area contributed by atoms with Crippen molar-refractivity contribution in [3.63, 3.8) is 0 Å². The summed E-state index contributed by atoms with van der Waals surface area (Å²) in [5.41, 5.74) is 1.67. The summed E-state index contributed by atoms with van der Waals surface area (Å²) in [5.74, 6) is 0.557. The highest BCUT2D eigenvalue weighted by molar-refractivity contribution is 8.04. The molecule has 0 bridgehead atoms. The van der Waals surface area contributed by atoms with Gasteiger partial charge in [-0.25, -0.2) is 0 Å². The Bertz CT molecular complexity index is 914. The first-order chi connectivity index (χ1) is 13.6. The van der Waals surface area contributed by atoms with E-state index in [1.165, 1.54) is 30.9 Å². The Labute approximate surface area is 167 Å². The zero-order valence-electron chi connectivity index (χ0n) is 15.5. The summed E-state index contributed by atoms with van der Waals surface area (Å²) in [6.07, 6.45) is 3.23. The second kappa shape index (κ2) is 8.90. The van der Waals surface area contributed by atoms with E-state index >= 15 is 0 Å². The fourth-order valence-electron chi connectivity index (χ4n) is 2.90. The maximum absolute atomic E-state index is 13.1. The van der Waals surface area contributed by atoms with Crippen molar-refractivity contribution < 1.29 is 24.2 Å². The van der Waals surface area contributed by atoms with Crippen LogP contribution in [0.1, 0.15) is 11.1 Å². The molecule has 2 amide bonds. The molecule has 0 unspecified atom stereocenters. The topological polar surface area (TPSA) is 89.0 Å². The molecule has 1 N–H and O–H groups in total. The molecule has 2 aromatic rings. The highest BCUT2D eigenvalue weighted by Crippen LogP contribution is 2.39. The molecule has 0 fully saturated rings. The van der Waals surface area contributed by atoms with E-state index in [4.69, 9.17) is 9.47 Å². The van der Waals surface area contributed by atoms with Crippen molar-refractivity contribution >= 4 is 29.1 Å². The molecule has 1 aromatic carbocycles. The largest absolute Gasteiger partial charge is 0.493 e. The predicted octanol–water partition coefficient (Wildman–Crippen LogP) is 2.10. The normalized spacial score (nSPS) is 14.0. The lowest BCUT2D eigenvalue weighted by molar-refractivity contribution is -0.137. The van der Waals surface area contributed by atoms with Gasteiger partial charge in [0.2, 0.25) is 0 Å². The minimum atomic E-state index is -0.380. The molecule has 28 heavy (non-hydrogen) atoms. The fraction of sp³-hybridized carbons (Fsp3) is 0.250. The van der Waals surface area contributed by atoms with Gasteiger partial charge in [0, 0.05) is 18.1 Å². The van der Waals surface area contributed by atoms with E-state index in [1.807, 2.05) is 0 Å². The number of pyridine rings is 1. The van der Waals surface area contributed by atoms with E-state index in [9.17, 15) is 14.7 Å². The Morgan fingerprint density at radius 2 is 1.75 bits per heavy atom. The second-order valence-corrected chi connectivity index (χ2v) is 7.00. The van der Waals surface area contributed by atoms with Crippen molar-refractivity contribution in [1.29, 1.82) is 0 Å². The molecule has 0 atom stereocenters. The number of aromatic nitrogens is 1. The predicted molar refractivity (Wildman–Crippen MR) is 106 cm³/mol. The van der Waals surface area contributed by atoms with E-state index in [0.717, 1.165) is 5.56 Å². The number of imide groups is 1. The Kier molecular flexibility index (Phi) is 6.33. The van der Waals surface area contributed by atoms with Gasteiger partial charge in [-0.2, -0.15) is 0 Å². The number of carbonyl (C=O) groups is 2. The highest BCUT2D eigenvalue weighted by Gasteiger charge is 2.39. The Morgan fingerprint density at radius 1 is 1.04 bits per heavy atom. The lowest BCUT2D eigenvalue weighted by Gasteiger charge is -2.15. The summed E-state index contributed by atoms with van der Waals surface area (Å²) in [6.45, 7) is 0.0549. The number of benzene rings is 1. The molecule has 0 saturated carbocycles. The maximum Gasteiger partial charge on any atom is 0.268 e. The number of amides is 2. The average Bonchev–Trinajstić information content (AvgIpc) is 2.96. The van der Waals surface area contributed by atoms with Crippen LogP contribution in [-0.4, -0.2) is 53.4 Å². The van der Waals surface area contributed by atoms with Gasteiger partial charge in [-0.1, -0.05) is 6.07 Å². The van der Waals surface area contributed by atoms with Gasteiger partial charge in [0.15, 0.2) is 11.5 Å². The lowest BCUT2D eigenvalue weighted by atomic mass is 10.1. The number of ether oxygens (including phenoxy) is 2. The van der Waals surface area contributed by atoms with Gasteiger partial charge in [-0.3, -0.25) is 19.5 Å². The summed E-state index contributed by atoms with van der Waals surface area (Å²) in [4.78, 5) is 31.6. The van der Waals surface area contributed by atoms with Crippen LogP contribution in [0.25, 0.3) is 5.57 Å². The molecule has 1 aromatic heterocycles. The number of carbonyl (C=O) groups excluding carboxylic acids is 2. The molecule has 1 aliphatic heterocycles. The van der Waals surface area contributed by atoms with Gasteiger partial charge in [0.05, 0.1) is 37.8 Å². The summed E-state index contributed by atoms with van der Waals surface area (Å²) < 4.78 is 10.6. The van der Waals surface area contributed by atoms with E-state index in [-0.39, 0.29) is 25.0 Å². The van der Waals surface area contributed by atoms with Crippen LogP contribution in [0.5, 0.6) is 11.5 Å². The van der Waals surface area contributed by atoms with E-state index in [2.05, 4.69) is 4.98 Å². The van der Waals surface area contributed by atoms with E-state index in [0.29, 0.717) is 33.3 Å². The molecule has 2 heterocycles. The maximum atomic E-state index is 13.1. The third kappa shape index (κ3) is 3.88. The number of nitrogens with zero attached hydrogens (tertiary/aromatic N) is 2. The SMILES string of the molecule is COc1ccc(C2=C(SCCO)C(=O)N(Cc3ccncc3)C2=O)cc1OC. The van der Waals surface area contributed by atoms with Crippen LogP contribution in [-0.2, 0) is 16.1 Å². The number of aliphatic hydroxyl groups is 1. The zero-order valence-corrected chi connectivity index (χ0v) is 16.4. The van der Waals surface area contributed by atoms with Crippen LogP contribution in [0.3, 0.4) is 0 Å². The fourth-order valence-corrected chi connectivity index (χ4v) is 3.77. The summed E-state index contributed by atoms with van der Waals surface area (Å²) >= 11 is 1.17. The van der Waals surface area contributed by atoms with Crippen LogP contribution in [0.15, 0.2) is 47.6 Å². The van der Waals surface area contributed by atoms with E-state index in [1.54, 1.807) is 42.7 Å². The van der Waals surface area contributed by atoms with Gasteiger partial charge in [-0.05, 0) is 35.4 Å². The number of hydrogen-bond donors (Lipinski definition) is 1. The monoisotopic (exact) mass is 400 g/mol. The van der Waals surface area contributed by atoms with Crippen molar-refractivity contribution in [2.75, 3.05) is 26.6 Å². The molecular formula is C20H20N2O5S. The van der Waals surface area contributed by atoms with Gasteiger partial charge < -0.3 is 14.6 Å². The van der Waals surface area contributed by atoms with Crippen LogP contribution in [0.2, 0.25) is 0 Å². The molecule has 0 spiro atoms. The van der Waals surface area contributed by atoms with Crippen LogP contribution in [0, 0.1) is 0 Å².